The van der Waals surface area contributed by atoms with Crippen LogP contribution in [0.15, 0.2) is 84.0 Å². The van der Waals surface area contributed by atoms with Gasteiger partial charge in [-0.15, -0.1) is 10.2 Å². The van der Waals surface area contributed by atoms with E-state index in [1.54, 1.807) is 0 Å². The van der Waals surface area contributed by atoms with Gasteiger partial charge in [0.1, 0.15) is 17.2 Å². The van der Waals surface area contributed by atoms with E-state index in [0.29, 0.717) is 16.5 Å². The van der Waals surface area contributed by atoms with Crippen LogP contribution in [0.4, 0.5) is 10.1 Å². The Bertz CT molecular complexity index is 1210. The number of anilines is 1. The highest BCUT2D eigenvalue weighted by Crippen LogP contribution is 2.29. The maximum absolute atomic E-state index is 13.9. The number of carbonyl (C=O) groups excluding carboxylic acids is 1. The van der Waals surface area contributed by atoms with E-state index in [9.17, 15) is 9.18 Å². The van der Waals surface area contributed by atoms with Gasteiger partial charge >= 0.3 is 0 Å². The SMILES string of the molecule is O=C(CSc1nnc(-c2ccccc2)c(-c2ccccc2)n1)Nc1ccc(Cl)cc1F. The van der Waals surface area contributed by atoms with Crippen molar-refractivity contribution in [3.63, 3.8) is 0 Å². The Hall–Kier alpha value is -3.29. The molecule has 8 heteroatoms. The summed E-state index contributed by atoms with van der Waals surface area (Å²) < 4.78 is 13.9. The monoisotopic (exact) mass is 450 g/mol. The summed E-state index contributed by atoms with van der Waals surface area (Å²) in [5, 5.41) is 11.7. The predicted molar refractivity (Wildman–Crippen MR) is 121 cm³/mol. The Labute approximate surface area is 187 Å². The number of hydrogen-bond acceptors (Lipinski definition) is 5. The lowest BCUT2D eigenvalue weighted by Gasteiger charge is -2.10. The minimum absolute atomic E-state index is 0.00264. The summed E-state index contributed by atoms with van der Waals surface area (Å²) in [4.78, 5) is 16.9. The third kappa shape index (κ3) is 5.25. The van der Waals surface area contributed by atoms with E-state index in [1.807, 2.05) is 60.7 Å². The second-order valence-corrected chi connectivity index (χ2v) is 7.86. The van der Waals surface area contributed by atoms with Crippen molar-refractivity contribution < 1.29 is 9.18 Å². The molecule has 3 aromatic carbocycles. The van der Waals surface area contributed by atoms with Crippen molar-refractivity contribution in [2.45, 2.75) is 5.16 Å². The topological polar surface area (TPSA) is 67.8 Å². The van der Waals surface area contributed by atoms with Crippen LogP contribution in [-0.4, -0.2) is 26.8 Å². The van der Waals surface area contributed by atoms with E-state index in [0.717, 1.165) is 29.0 Å². The number of carbonyl (C=O) groups is 1. The summed E-state index contributed by atoms with van der Waals surface area (Å²) in [6.07, 6.45) is 0. The van der Waals surface area contributed by atoms with E-state index < -0.39 is 5.82 Å². The minimum atomic E-state index is -0.595. The molecule has 154 valence electrons. The molecular formula is C23H16ClFN4OS. The normalized spacial score (nSPS) is 10.6. The molecule has 0 unspecified atom stereocenters. The number of nitrogens with zero attached hydrogens (tertiary/aromatic N) is 3. The van der Waals surface area contributed by atoms with Gasteiger partial charge in [-0.25, -0.2) is 9.37 Å². The van der Waals surface area contributed by atoms with Crippen molar-refractivity contribution in [2.24, 2.45) is 0 Å². The number of rotatable bonds is 6. The molecule has 0 spiro atoms. The van der Waals surface area contributed by atoms with E-state index in [2.05, 4.69) is 20.5 Å². The van der Waals surface area contributed by atoms with Crippen LogP contribution in [0.25, 0.3) is 22.5 Å². The lowest BCUT2D eigenvalue weighted by atomic mass is 10.0. The lowest BCUT2D eigenvalue weighted by Crippen LogP contribution is -2.15. The van der Waals surface area contributed by atoms with E-state index in [-0.39, 0.29) is 22.4 Å². The number of nitrogens with one attached hydrogen (secondary N) is 1. The molecule has 0 saturated heterocycles. The number of thioether (sulfide) groups is 1. The van der Waals surface area contributed by atoms with Crippen molar-refractivity contribution in [3.05, 3.63) is 89.7 Å². The van der Waals surface area contributed by atoms with Gasteiger partial charge in [0.25, 0.3) is 0 Å². The van der Waals surface area contributed by atoms with Gasteiger partial charge in [-0.05, 0) is 18.2 Å². The molecule has 1 amide bonds. The molecule has 0 radical (unpaired) electrons. The molecule has 5 nitrogen and oxygen atoms in total. The fourth-order valence-corrected chi connectivity index (χ4v) is 3.61. The molecule has 4 rings (SSSR count). The molecule has 1 N–H and O–H groups in total. The van der Waals surface area contributed by atoms with Gasteiger partial charge in [-0.2, -0.15) is 0 Å². The maximum atomic E-state index is 13.9. The van der Waals surface area contributed by atoms with E-state index in [4.69, 9.17) is 11.6 Å². The van der Waals surface area contributed by atoms with Gasteiger partial charge in [0, 0.05) is 16.1 Å². The molecule has 31 heavy (non-hydrogen) atoms. The predicted octanol–water partition coefficient (Wildman–Crippen LogP) is 5.73. The standard InChI is InChI=1S/C23H16ClFN4OS/c24-17-11-12-19(18(25)13-17)26-20(30)14-31-23-27-21(15-7-3-1-4-8-15)22(28-29-23)16-9-5-2-6-10-16/h1-13H,14H2,(H,26,30). The van der Waals surface area contributed by atoms with Gasteiger partial charge in [-0.1, -0.05) is 84.0 Å². The first-order chi connectivity index (χ1) is 15.1. The quantitative estimate of drug-likeness (QED) is 0.380. The Morgan fingerprint density at radius 1 is 0.903 bits per heavy atom. The van der Waals surface area contributed by atoms with Crippen LogP contribution in [0, 0.1) is 5.82 Å². The summed E-state index contributed by atoms with van der Waals surface area (Å²) in [6.45, 7) is 0. The number of halogens is 2. The van der Waals surface area contributed by atoms with E-state index >= 15 is 0 Å². The summed E-state index contributed by atoms with van der Waals surface area (Å²) in [5.41, 5.74) is 3.19. The second kappa shape index (κ2) is 9.68. The van der Waals surface area contributed by atoms with Gasteiger partial charge in [0.05, 0.1) is 11.4 Å². The number of hydrogen-bond donors (Lipinski definition) is 1. The van der Waals surface area contributed by atoms with Crippen molar-refractivity contribution in [3.8, 4) is 22.5 Å². The van der Waals surface area contributed by atoms with Crippen molar-refractivity contribution in [1.82, 2.24) is 15.2 Å². The van der Waals surface area contributed by atoms with Gasteiger partial charge in [0.2, 0.25) is 11.1 Å². The van der Waals surface area contributed by atoms with Crippen LogP contribution in [0.2, 0.25) is 5.02 Å². The van der Waals surface area contributed by atoms with Gasteiger partial charge < -0.3 is 5.32 Å². The van der Waals surface area contributed by atoms with Crippen LogP contribution in [-0.2, 0) is 4.79 Å². The maximum Gasteiger partial charge on any atom is 0.234 e. The molecule has 1 aromatic heterocycles. The van der Waals surface area contributed by atoms with Gasteiger partial charge in [0.15, 0.2) is 0 Å². The van der Waals surface area contributed by atoms with Crippen LogP contribution < -0.4 is 5.32 Å². The highest BCUT2D eigenvalue weighted by molar-refractivity contribution is 7.99. The highest BCUT2D eigenvalue weighted by Gasteiger charge is 2.15. The zero-order chi connectivity index (χ0) is 21.6. The van der Waals surface area contributed by atoms with E-state index in [1.165, 1.54) is 12.1 Å². The Kier molecular flexibility index (Phi) is 6.54. The summed E-state index contributed by atoms with van der Waals surface area (Å²) >= 11 is 6.86. The Morgan fingerprint density at radius 3 is 2.19 bits per heavy atom. The first-order valence-corrected chi connectivity index (χ1v) is 10.7. The third-order valence-electron chi connectivity index (χ3n) is 4.30. The summed E-state index contributed by atoms with van der Waals surface area (Å²) in [6, 6.07) is 23.4. The minimum Gasteiger partial charge on any atom is -0.323 e. The number of aromatic nitrogens is 3. The molecule has 4 aromatic rings. The molecule has 1 heterocycles. The second-order valence-electron chi connectivity index (χ2n) is 6.48. The zero-order valence-electron chi connectivity index (χ0n) is 16.1. The molecule has 0 fully saturated rings. The van der Waals surface area contributed by atoms with Crippen molar-refractivity contribution >= 4 is 35.0 Å². The van der Waals surface area contributed by atoms with Crippen LogP contribution in [0.3, 0.4) is 0 Å². The Morgan fingerprint density at radius 2 is 1.55 bits per heavy atom. The lowest BCUT2D eigenvalue weighted by molar-refractivity contribution is -0.113. The van der Waals surface area contributed by atoms with Crippen molar-refractivity contribution in [1.29, 1.82) is 0 Å². The number of amides is 1. The first kappa shape index (κ1) is 21.0. The summed E-state index contributed by atoms with van der Waals surface area (Å²) in [5.74, 6) is -0.978. The molecule has 0 saturated carbocycles. The first-order valence-electron chi connectivity index (χ1n) is 9.33. The molecule has 0 atom stereocenters. The average molecular weight is 451 g/mol. The molecule has 0 aliphatic carbocycles. The zero-order valence-corrected chi connectivity index (χ0v) is 17.7. The highest BCUT2D eigenvalue weighted by atomic mass is 35.5. The van der Waals surface area contributed by atoms with Crippen LogP contribution in [0.1, 0.15) is 0 Å². The summed E-state index contributed by atoms with van der Waals surface area (Å²) in [7, 11) is 0. The fourth-order valence-electron chi connectivity index (χ4n) is 2.87. The third-order valence-corrected chi connectivity index (χ3v) is 5.37. The van der Waals surface area contributed by atoms with Crippen molar-refractivity contribution in [2.75, 3.05) is 11.1 Å². The molecule has 0 bridgehead atoms. The number of benzene rings is 3. The average Bonchev–Trinajstić information content (AvgIpc) is 2.80. The largest absolute Gasteiger partial charge is 0.323 e. The molecule has 0 aliphatic rings. The Balaban J connectivity index is 1.54. The van der Waals surface area contributed by atoms with Gasteiger partial charge in [-0.3, -0.25) is 4.79 Å². The fraction of sp³-hybridized carbons (Fsp3) is 0.0435. The van der Waals surface area contributed by atoms with Crippen LogP contribution >= 0.6 is 23.4 Å². The molecular weight excluding hydrogens is 435 g/mol. The molecule has 0 aliphatic heterocycles. The smallest absolute Gasteiger partial charge is 0.234 e. The van der Waals surface area contributed by atoms with Crippen LogP contribution in [0.5, 0.6) is 0 Å².